The zero-order valence-electron chi connectivity index (χ0n) is 10.1. The molecule has 108 valence electrons. The van der Waals surface area contributed by atoms with Gasteiger partial charge in [0, 0.05) is 19.1 Å². The van der Waals surface area contributed by atoms with E-state index in [-0.39, 0.29) is 6.54 Å². The quantitative estimate of drug-likeness (QED) is 0.777. The van der Waals surface area contributed by atoms with Crippen LogP contribution in [0.1, 0.15) is 25.7 Å². The maximum atomic E-state index is 12.0. The van der Waals surface area contributed by atoms with E-state index in [0.29, 0.717) is 12.8 Å². The van der Waals surface area contributed by atoms with Crippen LogP contribution in [-0.4, -0.2) is 44.6 Å². The molecule has 0 aromatic carbocycles. The van der Waals surface area contributed by atoms with Crippen LogP contribution in [0.15, 0.2) is 0 Å². The van der Waals surface area contributed by atoms with Gasteiger partial charge in [-0.15, -0.1) is 0 Å². The molecule has 0 amide bonds. The standard InChI is InChI=1S/C9H18F3N3O2S/c1-15(8(6-13)4-2-3-5-8)18(16,17)14-7-9(10,11)12/h14H,2-7,13H2,1H3. The molecule has 1 fully saturated rings. The van der Waals surface area contributed by atoms with E-state index in [1.807, 2.05) is 0 Å². The Hall–Kier alpha value is -0.380. The molecule has 1 saturated carbocycles. The van der Waals surface area contributed by atoms with E-state index in [4.69, 9.17) is 5.73 Å². The van der Waals surface area contributed by atoms with Crippen molar-refractivity contribution in [3.63, 3.8) is 0 Å². The van der Waals surface area contributed by atoms with E-state index in [9.17, 15) is 21.6 Å². The molecule has 1 rings (SSSR count). The lowest BCUT2D eigenvalue weighted by Gasteiger charge is -2.36. The number of halogens is 3. The number of rotatable bonds is 5. The predicted molar refractivity (Wildman–Crippen MR) is 61.0 cm³/mol. The molecule has 0 aromatic heterocycles. The van der Waals surface area contributed by atoms with E-state index in [0.717, 1.165) is 17.1 Å². The number of likely N-dealkylation sites (N-methyl/N-ethyl adjacent to an activating group) is 1. The minimum Gasteiger partial charge on any atom is -0.329 e. The summed E-state index contributed by atoms with van der Waals surface area (Å²) in [4.78, 5) is 0. The Kier molecular flexibility index (Phi) is 4.63. The summed E-state index contributed by atoms with van der Waals surface area (Å²) < 4.78 is 62.2. The molecule has 0 heterocycles. The van der Waals surface area contributed by atoms with Crippen LogP contribution in [0, 0.1) is 0 Å². The highest BCUT2D eigenvalue weighted by molar-refractivity contribution is 7.87. The number of nitrogens with one attached hydrogen (secondary N) is 1. The van der Waals surface area contributed by atoms with Crippen molar-refractivity contribution in [2.24, 2.45) is 5.73 Å². The third-order valence-corrected chi connectivity index (χ3v) is 5.02. The van der Waals surface area contributed by atoms with Crippen molar-refractivity contribution in [3.8, 4) is 0 Å². The first-order valence-corrected chi connectivity index (χ1v) is 7.07. The number of nitrogens with zero attached hydrogens (tertiary/aromatic N) is 1. The first-order valence-electron chi connectivity index (χ1n) is 5.63. The van der Waals surface area contributed by atoms with Crippen LogP contribution in [0.2, 0.25) is 0 Å². The SMILES string of the molecule is CN(C1(CN)CCCC1)S(=O)(=O)NCC(F)(F)F. The second-order valence-corrected chi connectivity index (χ2v) is 6.33. The van der Waals surface area contributed by atoms with Crippen LogP contribution in [0.25, 0.3) is 0 Å². The summed E-state index contributed by atoms with van der Waals surface area (Å²) >= 11 is 0. The van der Waals surface area contributed by atoms with Gasteiger partial charge >= 0.3 is 6.18 Å². The largest absolute Gasteiger partial charge is 0.402 e. The van der Waals surface area contributed by atoms with Gasteiger partial charge in [-0.2, -0.15) is 30.6 Å². The van der Waals surface area contributed by atoms with Crippen molar-refractivity contribution >= 4 is 10.2 Å². The smallest absolute Gasteiger partial charge is 0.329 e. The van der Waals surface area contributed by atoms with Crippen molar-refractivity contribution in [1.82, 2.24) is 9.03 Å². The predicted octanol–water partition coefficient (Wildman–Crippen LogP) is 0.586. The molecule has 9 heteroatoms. The third-order valence-electron chi connectivity index (χ3n) is 3.40. The van der Waals surface area contributed by atoms with Crippen LogP contribution in [0.5, 0.6) is 0 Å². The molecule has 5 nitrogen and oxygen atoms in total. The van der Waals surface area contributed by atoms with E-state index in [1.165, 1.54) is 7.05 Å². The molecular formula is C9H18F3N3O2S. The minimum atomic E-state index is -4.57. The van der Waals surface area contributed by atoms with Gasteiger partial charge in [0.25, 0.3) is 10.2 Å². The summed E-state index contributed by atoms with van der Waals surface area (Å²) in [5, 5.41) is 0. The molecule has 18 heavy (non-hydrogen) atoms. The summed E-state index contributed by atoms with van der Waals surface area (Å²) in [7, 11) is -2.89. The van der Waals surface area contributed by atoms with Gasteiger partial charge in [0.1, 0.15) is 6.54 Å². The van der Waals surface area contributed by atoms with Crippen LogP contribution < -0.4 is 10.5 Å². The Morgan fingerprint density at radius 2 is 1.83 bits per heavy atom. The van der Waals surface area contributed by atoms with Crippen molar-refractivity contribution < 1.29 is 21.6 Å². The summed E-state index contributed by atoms with van der Waals surface area (Å²) in [6, 6.07) is 0. The van der Waals surface area contributed by atoms with Crippen LogP contribution in [0.4, 0.5) is 13.2 Å². The molecule has 1 aliphatic carbocycles. The lowest BCUT2D eigenvalue weighted by atomic mass is 9.98. The first kappa shape index (κ1) is 15.7. The molecule has 0 atom stereocenters. The number of alkyl halides is 3. The monoisotopic (exact) mass is 289 g/mol. The van der Waals surface area contributed by atoms with Crippen molar-refractivity contribution in [2.75, 3.05) is 20.1 Å². The highest BCUT2D eigenvalue weighted by Crippen LogP contribution is 2.34. The first-order chi connectivity index (χ1) is 8.13. The second-order valence-electron chi connectivity index (χ2n) is 4.54. The van der Waals surface area contributed by atoms with Crippen LogP contribution >= 0.6 is 0 Å². The normalized spacial score (nSPS) is 20.6. The average molecular weight is 289 g/mol. The fourth-order valence-corrected chi connectivity index (χ4v) is 3.51. The molecular weight excluding hydrogens is 271 g/mol. The second kappa shape index (κ2) is 5.32. The Bertz CT molecular complexity index is 377. The maximum absolute atomic E-state index is 12.0. The molecule has 0 aromatic rings. The number of hydrogen-bond donors (Lipinski definition) is 2. The van der Waals surface area contributed by atoms with Gasteiger partial charge in [-0.1, -0.05) is 12.8 Å². The molecule has 0 spiro atoms. The molecule has 1 aliphatic rings. The van der Waals surface area contributed by atoms with E-state index in [1.54, 1.807) is 4.72 Å². The average Bonchev–Trinajstić information content (AvgIpc) is 2.74. The summed E-state index contributed by atoms with van der Waals surface area (Å²) in [5.41, 5.74) is 4.84. The topological polar surface area (TPSA) is 75.4 Å². The lowest BCUT2D eigenvalue weighted by molar-refractivity contribution is -0.121. The van der Waals surface area contributed by atoms with Gasteiger partial charge in [0.2, 0.25) is 0 Å². The van der Waals surface area contributed by atoms with E-state index < -0.39 is 28.5 Å². The van der Waals surface area contributed by atoms with Gasteiger partial charge in [0.15, 0.2) is 0 Å². The van der Waals surface area contributed by atoms with Gasteiger partial charge in [-0.05, 0) is 12.8 Å². The fraction of sp³-hybridized carbons (Fsp3) is 1.00. The molecule has 0 bridgehead atoms. The van der Waals surface area contributed by atoms with E-state index >= 15 is 0 Å². The zero-order chi connectivity index (χ0) is 14.0. The highest BCUT2D eigenvalue weighted by atomic mass is 32.2. The van der Waals surface area contributed by atoms with Crippen molar-refractivity contribution in [2.45, 2.75) is 37.4 Å². The van der Waals surface area contributed by atoms with Crippen LogP contribution in [-0.2, 0) is 10.2 Å². The third kappa shape index (κ3) is 3.56. The summed E-state index contributed by atoms with van der Waals surface area (Å²) in [6.45, 7) is -1.46. The highest BCUT2D eigenvalue weighted by Gasteiger charge is 2.43. The molecule has 0 aliphatic heterocycles. The number of nitrogens with two attached hydrogens (primary N) is 1. The van der Waals surface area contributed by atoms with Crippen molar-refractivity contribution in [3.05, 3.63) is 0 Å². The fourth-order valence-electron chi connectivity index (χ4n) is 2.21. The number of hydrogen-bond acceptors (Lipinski definition) is 3. The molecule has 0 unspecified atom stereocenters. The Morgan fingerprint density at radius 3 is 2.22 bits per heavy atom. The maximum Gasteiger partial charge on any atom is 0.402 e. The van der Waals surface area contributed by atoms with Crippen molar-refractivity contribution in [1.29, 1.82) is 0 Å². The van der Waals surface area contributed by atoms with E-state index in [2.05, 4.69) is 0 Å². The Labute approximate surface area is 105 Å². The van der Waals surface area contributed by atoms with Gasteiger partial charge < -0.3 is 5.73 Å². The Morgan fingerprint density at radius 1 is 1.33 bits per heavy atom. The summed E-state index contributed by atoms with van der Waals surface area (Å²) in [6.07, 6.45) is -1.76. The summed E-state index contributed by atoms with van der Waals surface area (Å²) in [5.74, 6) is 0. The minimum absolute atomic E-state index is 0.108. The van der Waals surface area contributed by atoms with Gasteiger partial charge in [-0.25, -0.2) is 0 Å². The molecule has 0 saturated heterocycles. The lowest BCUT2D eigenvalue weighted by Crippen LogP contribution is -2.56. The zero-order valence-corrected chi connectivity index (χ0v) is 10.9. The van der Waals surface area contributed by atoms with Gasteiger partial charge in [-0.3, -0.25) is 0 Å². The van der Waals surface area contributed by atoms with Crippen LogP contribution in [0.3, 0.4) is 0 Å². The van der Waals surface area contributed by atoms with Gasteiger partial charge in [0.05, 0.1) is 0 Å². The molecule has 3 N–H and O–H groups in total. The Balaban J connectivity index is 2.78. The molecule has 0 radical (unpaired) electrons.